The number of nitrogens with two attached hydrogens (primary N) is 1. The normalized spacial score (nSPS) is 18.5. The van der Waals surface area contributed by atoms with Crippen LogP contribution in [0.1, 0.15) is 60.1 Å². The fourth-order valence-electron chi connectivity index (χ4n) is 5.16. The molecule has 1 aliphatic rings. The van der Waals surface area contributed by atoms with Crippen molar-refractivity contribution >= 4 is 11.9 Å². The number of carbonyl (C=O) groups excluding carboxylic acids is 2. The average molecular weight is 514 g/mol. The number of carbonyl (C=O) groups is 2. The van der Waals surface area contributed by atoms with Crippen LogP contribution in [0.2, 0.25) is 0 Å². The molecule has 1 heterocycles. The van der Waals surface area contributed by atoms with Gasteiger partial charge in [0.15, 0.2) is 0 Å². The number of hydrogen-bond donors (Lipinski definition) is 4. The number of nitrogens with zero attached hydrogens (tertiary/aromatic N) is 1. The zero-order valence-electron chi connectivity index (χ0n) is 22.1. The molecule has 0 radical (unpaired) electrons. The van der Waals surface area contributed by atoms with Gasteiger partial charge in [0.2, 0.25) is 0 Å². The van der Waals surface area contributed by atoms with Crippen LogP contribution in [-0.2, 0) is 0 Å². The third-order valence-electron chi connectivity index (χ3n) is 7.20. The summed E-state index contributed by atoms with van der Waals surface area (Å²) in [4.78, 5) is 28.0. The summed E-state index contributed by atoms with van der Waals surface area (Å²) in [5.74, 6) is -0.180. The molecule has 0 bridgehead atoms. The van der Waals surface area contributed by atoms with Crippen LogP contribution in [0.4, 0.5) is 4.79 Å². The number of hydrogen-bond acceptors (Lipinski definition) is 4. The monoisotopic (exact) mass is 513 g/mol. The molecule has 38 heavy (non-hydrogen) atoms. The van der Waals surface area contributed by atoms with Gasteiger partial charge in [-0.1, -0.05) is 92.2 Å². The van der Waals surface area contributed by atoms with Crippen LogP contribution in [0, 0.1) is 5.92 Å². The lowest BCUT2D eigenvalue weighted by Gasteiger charge is -2.45. The van der Waals surface area contributed by atoms with E-state index in [2.05, 4.69) is 52.0 Å². The van der Waals surface area contributed by atoms with Crippen molar-refractivity contribution in [3.05, 3.63) is 108 Å². The maximum Gasteiger partial charge on any atom is 0.316 e. The van der Waals surface area contributed by atoms with Crippen LogP contribution in [0.5, 0.6) is 0 Å². The number of likely N-dealkylation sites (tertiary alicyclic amines) is 1. The molecule has 4 rings (SSSR count). The number of amides is 3. The molecule has 0 aromatic heterocycles. The van der Waals surface area contributed by atoms with Crippen molar-refractivity contribution < 1.29 is 9.59 Å². The van der Waals surface area contributed by atoms with Gasteiger partial charge in [-0.25, -0.2) is 4.79 Å². The van der Waals surface area contributed by atoms with Gasteiger partial charge in [0.05, 0.1) is 18.4 Å². The van der Waals surface area contributed by atoms with Gasteiger partial charge >= 0.3 is 6.03 Å². The first-order valence-corrected chi connectivity index (χ1v) is 13.6. The summed E-state index contributed by atoms with van der Waals surface area (Å²) in [5.41, 5.74) is 9.45. The lowest BCUT2D eigenvalue weighted by molar-refractivity contribution is 0.0532. The molecule has 3 unspecified atom stereocenters. The summed E-state index contributed by atoms with van der Waals surface area (Å²) in [6.45, 7) is 3.45. The van der Waals surface area contributed by atoms with Crippen molar-refractivity contribution in [3.63, 3.8) is 0 Å². The van der Waals surface area contributed by atoms with Gasteiger partial charge in [-0.05, 0) is 48.4 Å². The van der Waals surface area contributed by atoms with Crippen LogP contribution in [0.3, 0.4) is 0 Å². The van der Waals surface area contributed by atoms with Crippen LogP contribution in [0.25, 0.3) is 0 Å². The molecule has 3 atom stereocenters. The third-order valence-corrected chi connectivity index (χ3v) is 7.20. The van der Waals surface area contributed by atoms with Crippen LogP contribution in [0.15, 0.2) is 91.0 Å². The quantitative estimate of drug-likeness (QED) is 0.235. The minimum absolute atomic E-state index is 0.00653. The van der Waals surface area contributed by atoms with Gasteiger partial charge in [0.25, 0.3) is 5.91 Å². The molecule has 0 spiro atoms. The Hall–Kier alpha value is -3.68. The highest BCUT2D eigenvalue weighted by Gasteiger charge is 2.37. The van der Waals surface area contributed by atoms with Crippen LogP contribution < -0.4 is 21.7 Å². The summed E-state index contributed by atoms with van der Waals surface area (Å²) in [6, 6.07) is 29.7. The van der Waals surface area contributed by atoms with Gasteiger partial charge in [-0.3, -0.25) is 9.69 Å². The number of unbranched alkanes of at least 4 members (excludes halogenated alkanes) is 1. The second kappa shape index (κ2) is 13.7. The first-order valence-electron chi connectivity index (χ1n) is 13.6. The van der Waals surface area contributed by atoms with E-state index in [1.165, 1.54) is 0 Å². The third kappa shape index (κ3) is 7.21. The summed E-state index contributed by atoms with van der Waals surface area (Å²) in [6.07, 6.45) is 2.56. The van der Waals surface area contributed by atoms with Crippen molar-refractivity contribution in [2.75, 3.05) is 13.1 Å². The molecular formula is C31H39N5O2. The van der Waals surface area contributed by atoms with E-state index < -0.39 is 6.17 Å². The Morgan fingerprint density at radius 1 is 0.921 bits per heavy atom. The second-order valence-electron chi connectivity index (χ2n) is 9.88. The lowest BCUT2D eigenvalue weighted by atomic mass is 9.87. The zero-order valence-corrected chi connectivity index (χ0v) is 22.1. The first-order chi connectivity index (χ1) is 18.6. The number of benzene rings is 3. The van der Waals surface area contributed by atoms with E-state index in [-0.39, 0.29) is 30.1 Å². The molecule has 7 nitrogen and oxygen atoms in total. The van der Waals surface area contributed by atoms with E-state index in [0.29, 0.717) is 25.1 Å². The topological polar surface area (TPSA) is 99.5 Å². The molecule has 1 saturated heterocycles. The molecule has 1 fully saturated rings. The standard InChI is InChI=1S/C31H39N5O2/c1-2-3-20-33-31(38)34-27-22-26(29(32)35-30(37)25-17-11-6-12-18-25)19-21-36(27)28(23-13-7-4-8-14-23)24-15-9-5-10-16-24/h4-18,26-29H,2-3,19-22,32H2,1H3,(H,35,37)(H2,33,34,38). The van der Waals surface area contributed by atoms with Gasteiger partial charge in [-0.15, -0.1) is 0 Å². The predicted octanol–water partition coefficient (Wildman–Crippen LogP) is 4.63. The molecule has 0 aliphatic carbocycles. The summed E-state index contributed by atoms with van der Waals surface area (Å²) >= 11 is 0. The summed E-state index contributed by atoms with van der Waals surface area (Å²) in [7, 11) is 0. The van der Waals surface area contributed by atoms with Crippen LogP contribution >= 0.6 is 0 Å². The zero-order chi connectivity index (χ0) is 26.7. The molecule has 5 N–H and O–H groups in total. The van der Waals surface area contributed by atoms with Gasteiger partial charge < -0.3 is 21.7 Å². The Balaban J connectivity index is 1.56. The lowest BCUT2D eigenvalue weighted by Crippen LogP contribution is -2.59. The Bertz CT molecular complexity index is 1100. The van der Waals surface area contributed by atoms with Crippen molar-refractivity contribution in [2.45, 2.75) is 51.0 Å². The summed E-state index contributed by atoms with van der Waals surface area (Å²) in [5, 5.41) is 9.20. The van der Waals surface area contributed by atoms with Crippen LogP contribution in [-0.4, -0.2) is 42.3 Å². The minimum Gasteiger partial charge on any atom is -0.338 e. The van der Waals surface area contributed by atoms with Crippen molar-refractivity contribution in [3.8, 4) is 0 Å². The molecule has 3 aromatic carbocycles. The second-order valence-corrected chi connectivity index (χ2v) is 9.88. The SMILES string of the molecule is CCCCNC(=O)NC1CC(C(N)NC(=O)c2ccccc2)CCN1C(c1ccccc1)c1ccccc1. The Morgan fingerprint density at radius 3 is 2.08 bits per heavy atom. The Kier molecular flexibility index (Phi) is 9.90. The van der Waals surface area contributed by atoms with E-state index in [0.717, 1.165) is 30.4 Å². The van der Waals surface area contributed by atoms with E-state index in [9.17, 15) is 9.59 Å². The molecule has 0 saturated carbocycles. The average Bonchev–Trinajstić information content (AvgIpc) is 2.95. The maximum atomic E-state index is 12.9. The minimum atomic E-state index is -0.524. The fraction of sp³-hybridized carbons (Fsp3) is 0.355. The number of rotatable bonds is 10. The molecular weight excluding hydrogens is 474 g/mol. The molecule has 1 aliphatic heterocycles. The van der Waals surface area contributed by atoms with E-state index in [1.54, 1.807) is 12.1 Å². The van der Waals surface area contributed by atoms with E-state index in [1.807, 2.05) is 54.6 Å². The number of nitrogens with one attached hydrogen (secondary N) is 3. The Morgan fingerprint density at radius 2 is 1.50 bits per heavy atom. The smallest absolute Gasteiger partial charge is 0.316 e. The molecule has 3 aromatic rings. The van der Waals surface area contributed by atoms with Crippen molar-refractivity contribution in [1.29, 1.82) is 0 Å². The highest BCUT2D eigenvalue weighted by Crippen LogP contribution is 2.35. The summed E-state index contributed by atoms with van der Waals surface area (Å²) < 4.78 is 0. The molecule has 3 amide bonds. The molecule has 7 heteroatoms. The highest BCUT2D eigenvalue weighted by molar-refractivity contribution is 5.94. The van der Waals surface area contributed by atoms with Gasteiger partial charge in [0, 0.05) is 18.7 Å². The number of urea groups is 1. The predicted molar refractivity (Wildman–Crippen MR) is 151 cm³/mol. The highest BCUT2D eigenvalue weighted by atomic mass is 16.2. The molecule has 200 valence electrons. The van der Waals surface area contributed by atoms with Crippen molar-refractivity contribution in [2.24, 2.45) is 11.7 Å². The fourth-order valence-corrected chi connectivity index (χ4v) is 5.16. The van der Waals surface area contributed by atoms with Gasteiger partial charge in [-0.2, -0.15) is 0 Å². The van der Waals surface area contributed by atoms with E-state index in [4.69, 9.17) is 5.73 Å². The first kappa shape index (κ1) is 27.4. The largest absolute Gasteiger partial charge is 0.338 e. The van der Waals surface area contributed by atoms with Crippen molar-refractivity contribution in [1.82, 2.24) is 20.9 Å². The van der Waals surface area contributed by atoms with Gasteiger partial charge in [0.1, 0.15) is 0 Å². The maximum absolute atomic E-state index is 12.9. The van der Waals surface area contributed by atoms with E-state index >= 15 is 0 Å². The number of piperidine rings is 1. The Labute approximate surface area is 225 Å².